The van der Waals surface area contributed by atoms with Gasteiger partial charge in [-0.05, 0) is 50.2 Å². The number of aromatic nitrogens is 1. The highest BCUT2D eigenvalue weighted by atomic mass is 32.2. The molecule has 0 spiro atoms. The molecule has 8 heteroatoms. The van der Waals surface area contributed by atoms with Gasteiger partial charge in [0.2, 0.25) is 10.0 Å². The second-order valence-corrected chi connectivity index (χ2v) is 9.64. The molecule has 0 bridgehead atoms. The van der Waals surface area contributed by atoms with Crippen LogP contribution < -0.4 is 15.4 Å². The fraction of sp³-hybridized carbons (Fsp3) is 0.571. The van der Waals surface area contributed by atoms with E-state index in [0.717, 1.165) is 32.4 Å². The average Bonchev–Trinajstić information content (AvgIpc) is 3.05. The van der Waals surface area contributed by atoms with E-state index in [9.17, 15) is 8.42 Å². The van der Waals surface area contributed by atoms with Crippen LogP contribution in [0.3, 0.4) is 0 Å². The first-order valence-corrected chi connectivity index (χ1v) is 12.2. The Labute approximate surface area is 173 Å². The summed E-state index contributed by atoms with van der Waals surface area (Å²) in [5.41, 5.74) is 3.68. The number of sulfonamides is 1. The van der Waals surface area contributed by atoms with E-state index in [1.165, 1.54) is 28.5 Å². The summed E-state index contributed by atoms with van der Waals surface area (Å²) in [5.74, 6) is 1.18. The molecule has 160 valence electrons. The van der Waals surface area contributed by atoms with Crippen molar-refractivity contribution in [2.75, 3.05) is 31.9 Å². The number of aromatic amines is 1. The van der Waals surface area contributed by atoms with Crippen LogP contribution in [-0.2, 0) is 16.4 Å². The quantitative estimate of drug-likeness (QED) is 0.351. The highest BCUT2D eigenvalue weighted by molar-refractivity contribution is 7.89. The van der Waals surface area contributed by atoms with Crippen LogP contribution in [-0.4, -0.2) is 51.3 Å². The number of hydrogen-bond acceptors (Lipinski definition) is 3. The number of nitrogens with zero attached hydrogens (tertiary/aromatic N) is 1. The summed E-state index contributed by atoms with van der Waals surface area (Å²) < 4.78 is 26.9. The largest absolute Gasteiger partial charge is 0.361 e. The second-order valence-electron chi connectivity index (χ2n) is 7.71. The normalized spacial score (nSPS) is 15.4. The predicted octanol–water partition coefficient (Wildman–Crippen LogP) is 2.29. The molecule has 1 aromatic carbocycles. The molecular formula is C21H33N5O2S. The van der Waals surface area contributed by atoms with E-state index in [0.29, 0.717) is 18.4 Å². The topological polar surface area (TPSA) is 98.4 Å². The fourth-order valence-electron chi connectivity index (χ4n) is 3.52. The Morgan fingerprint density at radius 1 is 1.28 bits per heavy atom. The molecule has 0 unspecified atom stereocenters. The van der Waals surface area contributed by atoms with Crippen molar-refractivity contribution in [1.82, 2.24) is 20.3 Å². The van der Waals surface area contributed by atoms with E-state index in [1.807, 2.05) is 6.92 Å². The number of hydrogen-bond donors (Lipinski definition) is 4. The van der Waals surface area contributed by atoms with Crippen molar-refractivity contribution < 1.29 is 8.42 Å². The molecule has 7 nitrogen and oxygen atoms in total. The summed E-state index contributed by atoms with van der Waals surface area (Å²) >= 11 is 0. The van der Waals surface area contributed by atoms with Crippen LogP contribution in [0, 0.1) is 12.8 Å². The number of aryl methyl sites for hydroxylation is 1. The first kappa shape index (κ1) is 21.6. The Bertz CT molecular complexity index is 932. The highest BCUT2D eigenvalue weighted by Crippen LogP contribution is 2.25. The van der Waals surface area contributed by atoms with Crippen molar-refractivity contribution in [2.24, 2.45) is 10.9 Å². The van der Waals surface area contributed by atoms with E-state index in [4.69, 9.17) is 0 Å². The van der Waals surface area contributed by atoms with Crippen LogP contribution in [0.4, 0.5) is 0 Å². The molecule has 1 fully saturated rings. The number of nitrogens with one attached hydrogen (secondary N) is 4. The van der Waals surface area contributed by atoms with E-state index in [1.54, 1.807) is 0 Å². The Kier molecular flexibility index (Phi) is 7.55. The predicted molar refractivity (Wildman–Crippen MR) is 120 cm³/mol. The van der Waals surface area contributed by atoms with Gasteiger partial charge in [-0.2, -0.15) is 0 Å². The number of para-hydroxylation sites is 1. The maximum atomic E-state index is 12.1. The van der Waals surface area contributed by atoms with Crippen molar-refractivity contribution in [2.45, 2.75) is 39.5 Å². The zero-order valence-electron chi connectivity index (χ0n) is 17.4. The Hall–Kier alpha value is -2.06. The monoisotopic (exact) mass is 419 g/mol. The lowest BCUT2D eigenvalue weighted by Crippen LogP contribution is -2.39. The van der Waals surface area contributed by atoms with Gasteiger partial charge >= 0.3 is 0 Å². The molecule has 4 N–H and O–H groups in total. The summed E-state index contributed by atoms with van der Waals surface area (Å²) in [6.07, 6.45) is 6.39. The minimum absolute atomic E-state index is 0.0119. The van der Waals surface area contributed by atoms with Gasteiger partial charge in [0.05, 0.1) is 12.3 Å². The van der Waals surface area contributed by atoms with Crippen LogP contribution in [0.25, 0.3) is 10.9 Å². The molecule has 1 saturated carbocycles. The third kappa shape index (κ3) is 6.21. The number of guanidine groups is 1. The smallest absolute Gasteiger partial charge is 0.213 e. The zero-order valence-corrected chi connectivity index (χ0v) is 18.2. The number of fused-ring (bicyclic) bond motifs is 1. The Balaban J connectivity index is 1.47. The fourth-order valence-corrected chi connectivity index (χ4v) is 4.49. The molecule has 0 atom stereocenters. The van der Waals surface area contributed by atoms with Crippen molar-refractivity contribution in [3.05, 3.63) is 35.5 Å². The van der Waals surface area contributed by atoms with Crippen LogP contribution in [0.1, 0.15) is 37.3 Å². The highest BCUT2D eigenvalue weighted by Gasteiger charge is 2.19. The van der Waals surface area contributed by atoms with E-state index in [2.05, 4.69) is 56.7 Å². The number of aliphatic imine (C=N–C) groups is 1. The SMILES string of the molecule is CCNC(=NCCS(=O)(=O)NCC1CCC1)NCCc1c[nH]c2c(C)cccc12. The molecule has 0 amide bonds. The standard InChI is InChI=1S/C21H33N5O2S/c1-3-22-21(24-12-13-29(27,28)26-14-17-7-5-8-17)23-11-10-18-15-25-20-16(2)6-4-9-19(18)20/h4,6,9,15,17,25-26H,3,5,7-8,10-14H2,1-2H3,(H2,22,23,24). The molecule has 0 radical (unpaired) electrons. The minimum atomic E-state index is -3.26. The summed E-state index contributed by atoms with van der Waals surface area (Å²) in [4.78, 5) is 7.77. The molecule has 1 heterocycles. The molecule has 1 aliphatic carbocycles. The summed E-state index contributed by atoms with van der Waals surface area (Å²) in [5, 5.41) is 7.73. The number of H-pyrrole nitrogens is 1. The average molecular weight is 420 g/mol. The van der Waals surface area contributed by atoms with Gasteiger partial charge in [-0.3, -0.25) is 4.99 Å². The Morgan fingerprint density at radius 2 is 2.10 bits per heavy atom. The van der Waals surface area contributed by atoms with Gasteiger partial charge in [-0.25, -0.2) is 13.1 Å². The lowest BCUT2D eigenvalue weighted by atomic mass is 9.86. The molecule has 29 heavy (non-hydrogen) atoms. The van der Waals surface area contributed by atoms with E-state index < -0.39 is 10.0 Å². The molecule has 0 saturated heterocycles. The summed E-state index contributed by atoms with van der Waals surface area (Å²) in [6.45, 7) is 6.35. The molecule has 0 aliphatic heterocycles. The van der Waals surface area contributed by atoms with Crippen LogP contribution in [0.15, 0.2) is 29.4 Å². The number of rotatable bonds is 10. The second kappa shape index (κ2) is 10.1. The van der Waals surface area contributed by atoms with Crippen molar-refractivity contribution >= 4 is 26.9 Å². The zero-order chi connectivity index (χ0) is 20.7. The van der Waals surface area contributed by atoms with Gasteiger partial charge < -0.3 is 15.6 Å². The third-order valence-electron chi connectivity index (χ3n) is 5.49. The lowest BCUT2D eigenvalue weighted by molar-refractivity contribution is 0.316. The van der Waals surface area contributed by atoms with E-state index >= 15 is 0 Å². The Morgan fingerprint density at radius 3 is 2.83 bits per heavy atom. The molecule has 1 aliphatic rings. The molecular weight excluding hydrogens is 386 g/mol. The van der Waals surface area contributed by atoms with Gasteiger partial charge in [0, 0.05) is 36.7 Å². The first-order chi connectivity index (χ1) is 14.0. The van der Waals surface area contributed by atoms with E-state index in [-0.39, 0.29) is 12.3 Å². The van der Waals surface area contributed by atoms with Gasteiger partial charge in [-0.1, -0.05) is 24.6 Å². The lowest BCUT2D eigenvalue weighted by Gasteiger charge is -2.25. The van der Waals surface area contributed by atoms with Gasteiger partial charge in [0.25, 0.3) is 0 Å². The van der Waals surface area contributed by atoms with Gasteiger partial charge in [0.15, 0.2) is 5.96 Å². The summed E-state index contributed by atoms with van der Waals surface area (Å²) in [7, 11) is -3.26. The van der Waals surface area contributed by atoms with Gasteiger partial charge in [-0.15, -0.1) is 0 Å². The minimum Gasteiger partial charge on any atom is -0.361 e. The van der Waals surface area contributed by atoms with Gasteiger partial charge in [0.1, 0.15) is 0 Å². The molecule has 1 aromatic heterocycles. The van der Waals surface area contributed by atoms with Crippen molar-refractivity contribution in [1.29, 1.82) is 0 Å². The number of benzene rings is 1. The van der Waals surface area contributed by atoms with Crippen LogP contribution >= 0.6 is 0 Å². The van der Waals surface area contributed by atoms with Crippen molar-refractivity contribution in [3.63, 3.8) is 0 Å². The van der Waals surface area contributed by atoms with Crippen LogP contribution in [0.2, 0.25) is 0 Å². The maximum absolute atomic E-state index is 12.1. The first-order valence-electron chi connectivity index (χ1n) is 10.5. The molecule has 3 rings (SSSR count). The molecule has 2 aromatic rings. The maximum Gasteiger partial charge on any atom is 0.213 e. The third-order valence-corrected chi connectivity index (χ3v) is 6.81. The van der Waals surface area contributed by atoms with Crippen LogP contribution in [0.5, 0.6) is 0 Å². The summed E-state index contributed by atoms with van der Waals surface area (Å²) in [6, 6.07) is 6.31. The van der Waals surface area contributed by atoms with Crippen molar-refractivity contribution in [3.8, 4) is 0 Å².